The van der Waals surface area contributed by atoms with Crippen LogP contribution in [0, 0.1) is 0 Å². The number of nitrogens with zero attached hydrogens (tertiary/aromatic N) is 2. The fourth-order valence-electron chi connectivity index (χ4n) is 1.71. The summed E-state index contributed by atoms with van der Waals surface area (Å²) in [7, 11) is 0. The first-order valence-electron chi connectivity index (χ1n) is 5.70. The second-order valence-corrected chi connectivity index (χ2v) is 4.74. The van der Waals surface area contributed by atoms with Crippen molar-refractivity contribution in [3.05, 3.63) is 58.7 Å². The third-order valence-electron chi connectivity index (χ3n) is 2.64. The summed E-state index contributed by atoms with van der Waals surface area (Å²) in [5.74, 6) is 1.03. The maximum atomic E-state index is 4.38. The fourth-order valence-corrected chi connectivity index (χ4v) is 1.97. The maximum absolute atomic E-state index is 4.38. The molecule has 0 spiro atoms. The van der Waals surface area contributed by atoms with Gasteiger partial charge in [-0.3, -0.25) is 0 Å². The monoisotopic (exact) mass is 290 g/mol. The molecule has 0 aliphatic heterocycles. The van der Waals surface area contributed by atoms with E-state index in [4.69, 9.17) is 0 Å². The van der Waals surface area contributed by atoms with Crippen LogP contribution in [-0.4, -0.2) is 11.5 Å². The Hall–Kier alpha value is -1.35. The molecule has 1 aromatic carbocycles. The van der Waals surface area contributed by atoms with Crippen molar-refractivity contribution in [2.45, 2.75) is 13.5 Å². The zero-order valence-corrected chi connectivity index (χ0v) is 11.4. The van der Waals surface area contributed by atoms with Crippen molar-refractivity contribution in [1.82, 2.24) is 4.98 Å². The third-order valence-corrected chi connectivity index (χ3v) is 3.17. The van der Waals surface area contributed by atoms with Gasteiger partial charge in [-0.25, -0.2) is 4.98 Å². The van der Waals surface area contributed by atoms with Crippen LogP contribution in [0.15, 0.2) is 53.1 Å². The summed E-state index contributed by atoms with van der Waals surface area (Å²) >= 11 is 3.45. The Labute approximate surface area is 110 Å². The van der Waals surface area contributed by atoms with E-state index in [2.05, 4.69) is 57.0 Å². The summed E-state index contributed by atoms with van der Waals surface area (Å²) in [6, 6.07) is 14.4. The minimum atomic E-state index is 0.890. The Bertz CT molecular complexity index is 453. The van der Waals surface area contributed by atoms with Crippen molar-refractivity contribution >= 4 is 21.7 Å². The van der Waals surface area contributed by atoms with E-state index in [1.807, 2.05) is 24.4 Å². The Morgan fingerprint density at radius 1 is 1.12 bits per heavy atom. The normalized spacial score (nSPS) is 10.2. The molecule has 0 aliphatic rings. The highest BCUT2D eigenvalue weighted by Crippen LogP contribution is 2.15. The Morgan fingerprint density at radius 2 is 1.88 bits per heavy atom. The first kappa shape index (κ1) is 12.1. The van der Waals surface area contributed by atoms with Crippen molar-refractivity contribution in [2.75, 3.05) is 11.4 Å². The lowest BCUT2D eigenvalue weighted by Crippen LogP contribution is -2.22. The van der Waals surface area contributed by atoms with Crippen LogP contribution in [0.1, 0.15) is 12.5 Å². The van der Waals surface area contributed by atoms with Crippen molar-refractivity contribution < 1.29 is 0 Å². The van der Waals surface area contributed by atoms with Gasteiger partial charge in [-0.1, -0.05) is 34.1 Å². The first-order chi connectivity index (χ1) is 8.29. The van der Waals surface area contributed by atoms with E-state index in [-0.39, 0.29) is 0 Å². The molecule has 2 nitrogen and oxygen atoms in total. The van der Waals surface area contributed by atoms with E-state index < -0.39 is 0 Å². The smallest absolute Gasteiger partial charge is 0.128 e. The Balaban J connectivity index is 2.13. The number of pyridine rings is 1. The largest absolute Gasteiger partial charge is 0.353 e. The highest BCUT2D eigenvalue weighted by molar-refractivity contribution is 9.10. The molecule has 2 rings (SSSR count). The molecule has 0 radical (unpaired) electrons. The molecule has 0 N–H and O–H groups in total. The molecule has 2 aromatic rings. The summed E-state index contributed by atoms with van der Waals surface area (Å²) in [5, 5.41) is 0. The Kier molecular flexibility index (Phi) is 4.15. The minimum Gasteiger partial charge on any atom is -0.353 e. The van der Waals surface area contributed by atoms with Crippen LogP contribution in [0.3, 0.4) is 0 Å². The summed E-state index contributed by atoms with van der Waals surface area (Å²) in [6.45, 7) is 3.99. The molecule has 0 saturated heterocycles. The second-order valence-electron chi connectivity index (χ2n) is 3.83. The number of hydrogen-bond acceptors (Lipinski definition) is 2. The standard InChI is InChI=1S/C14H15BrN2/c1-2-17(14-5-3-4-10-16-14)11-12-6-8-13(15)9-7-12/h3-10H,2,11H2,1H3. The molecule has 1 heterocycles. The van der Waals surface area contributed by atoms with Crippen molar-refractivity contribution in [2.24, 2.45) is 0 Å². The van der Waals surface area contributed by atoms with Crippen LogP contribution < -0.4 is 4.90 Å². The Morgan fingerprint density at radius 3 is 2.47 bits per heavy atom. The maximum Gasteiger partial charge on any atom is 0.128 e. The zero-order valence-electron chi connectivity index (χ0n) is 9.81. The number of benzene rings is 1. The number of rotatable bonds is 4. The van der Waals surface area contributed by atoms with Crippen molar-refractivity contribution in [1.29, 1.82) is 0 Å². The van der Waals surface area contributed by atoms with Gasteiger partial charge in [0.15, 0.2) is 0 Å². The number of anilines is 1. The van der Waals surface area contributed by atoms with Gasteiger partial charge in [0.1, 0.15) is 5.82 Å². The van der Waals surface area contributed by atoms with Crippen molar-refractivity contribution in [3.63, 3.8) is 0 Å². The van der Waals surface area contributed by atoms with Gasteiger partial charge in [0.05, 0.1) is 0 Å². The third kappa shape index (κ3) is 3.30. The molecule has 0 aliphatic carbocycles. The van der Waals surface area contributed by atoms with Gasteiger partial charge in [-0.2, -0.15) is 0 Å². The summed E-state index contributed by atoms with van der Waals surface area (Å²) < 4.78 is 1.11. The van der Waals surface area contributed by atoms with Gasteiger partial charge >= 0.3 is 0 Å². The van der Waals surface area contributed by atoms with Gasteiger partial charge in [-0.05, 0) is 36.8 Å². The highest BCUT2D eigenvalue weighted by atomic mass is 79.9. The van der Waals surface area contributed by atoms with Crippen LogP contribution in [-0.2, 0) is 6.54 Å². The fraction of sp³-hybridized carbons (Fsp3) is 0.214. The lowest BCUT2D eigenvalue weighted by atomic mass is 10.2. The van der Waals surface area contributed by atoms with Crippen molar-refractivity contribution in [3.8, 4) is 0 Å². The molecular weight excluding hydrogens is 276 g/mol. The molecular formula is C14H15BrN2. The number of aromatic nitrogens is 1. The zero-order chi connectivity index (χ0) is 12.1. The molecule has 0 atom stereocenters. The lowest BCUT2D eigenvalue weighted by Gasteiger charge is -2.21. The van der Waals surface area contributed by atoms with Crippen LogP contribution in [0.5, 0.6) is 0 Å². The van der Waals surface area contributed by atoms with Gasteiger partial charge in [0, 0.05) is 23.8 Å². The van der Waals surface area contributed by atoms with Crippen LogP contribution in [0.2, 0.25) is 0 Å². The van der Waals surface area contributed by atoms with Gasteiger partial charge in [0.25, 0.3) is 0 Å². The predicted molar refractivity (Wildman–Crippen MR) is 75.1 cm³/mol. The molecule has 0 unspecified atom stereocenters. The van der Waals surface area contributed by atoms with E-state index in [0.29, 0.717) is 0 Å². The molecule has 88 valence electrons. The number of hydrogen-bond donors (Lipinski definition) is 0. The average Bonchev–Trinajstić information content (AvgIpc) is 2.39. The molecule has 0 amide bonds. The molecule has 0 bridgehead atoms. The molecule has 3 heteroatoms. The SMILES string of the molecule is CCN(Cc1ccc(Br)cc1)c1ccccn1. The van der Waals surface area contributed by atoms with E-state index in [1.165, 1.54) is 5.56 Å². The van der Waals surface area contributed by atoms with Crippen LogP contribution >= 0.6 is 15.9 Å². The van der Waals surface area contributed by atoms with Crippen LogP contribution in [0.25, 0.3) is 0 Å². The first-order valence-corrected chi connectivity index (χ1v) is 6.49. The summed E-state index contributed by atoms with van der Waals surface area (Å²) in [4.78, 5) is 6.63. The molecule has 0 fully saturated rings. The molecule has 1 aromatic heterocycles. The minimum absolute atomic E-state index is 0.890. The van der Waals surface area contributed by atoms with Gasteiger partial charge < -0.3 is 4.90 Å². The van der Waals surface area contributed by atoms with E-state index in [9.17, 15) is 0 Å². The lowest BCUT2D eigenvalue weighted by molar-refractivity contribution is 0.814. The second kappa shape index (κ2) is 5.82. The summed E-state index contributed by atoms with van der Waals surface area (Å²) in [6.07, 6.45) is 1.83. The topological polar surface area (TPSA) is 16.1 Å². The summed E-state index contributed by atoms with van der Waals surface area (Å²) in [5.41, 5.74) is 1.29. The predicted octanol–water partition coefficient (Wildman–Crippen LogP) is 3.87. The van der Waals surface area contributed by atoms with E-state index >= 15 is 0 Å². The quantitative estimate of drug-likeness (QED) is 0.850. The highest BCUT2D eigenvalue weighted by Gasteiger charge is 2.05. The van der Waals surface area contributed by atoms with Gasteiger partial charge in [-0.15, -0.1) is 0 Å². The molecule has 17 heavy (non-hydrogen) atoms. The van der Waals surface area contributed by atoms with Crippen LogP contribution in [0.4, 0.5) is 5.82 Å². The molecule has 0 saturated carbocycles. The number of halogens is 1. The van der Waals surface area contributed by atoms with Gasteiger partial charge in [0.2, 0.25) is 0 Å². The van der Waals surface area contributed by atoms with E-state index in [0.717, 1.165) is 23.4 Å². The average molecular weight is 291 g/mol. The van der Waals surface area contributed by atoms with E-state index in [1.54, 1.807) is 0 Å².